The van der Waals surface area contributed by atoms with Crippen LogP contribution in [0.3, 0.4) is 0 Å². The van der Waals surface area contributed by atoms with E-state index >= 15 is 0 Å². The zero-order valence-electron chi connectivity index (χ0n) is 14.6. The summed E-state index contributed by atoms with van der Waals surface area (Å²) in [5.41, 5.74) is 7.41. The Bertz CT molecular complexity index is 1090. The molecule has 0 saturated heterocycles. The SMILES string of the molecule is C=C1CC2(c3cc(F)ccc3Cc3cc(C)c(F)cc32)c2ccccc21. The fourth-order valence-corrected chi connectivity index (χ4v) is 4.89. The van der Waals surface area contributed by atoms with Crippen molar-refractivity contribution in [1.29, 1.82) is 0 Å². The van der Waals surface area contributed by atoms with Gasteiger partial charge in [-0.3, -0.25) is 0 Å². The molecule has 1 spiro atoms. The van der Waals surface area contributed by atoms with Crippen LogP contribution in [0.1, 0.15) is 45.4 Å². The highest BCUT2D eigenvalue weighted by Crippen LogP contribution is 2.57. The van der Waals surface area contributed by atoms with Gasteiger partial charge in [-0.15, -0.1) is 0 Å². The molecule has 0 radical (unpaired) electrons. The second-order valence-corrected chi connectivity index (χ2v) is 7.47. The molecule has 2 aliphatic rings. The quantitative estimate of drug-likeness (QED) is 0.474. The second kappa shape index (κ2) is 5.14. The standard InChI is InChI=1S/C24H18F2/c1-14-9-17-10-16-7-8-18(25)11-21(16)24(22(17)12-23(14)26)13-15(2)19-5-3-4-6-20(19)24/h3-9,11-12H,2,10,13H2,1H3. The minimum atomic E-state index is -0.562. The molecule has 1 atom stereocenters. The highest BCUT2D eigenvalue weighted by molar-refractivity contribution is 5.80. The molecule has 0 heterocycles. The van der Waals surface area contributed by atoms with Crippen molar-refractivity contribution in [2.75, 3.05) is 0 Å². The molecule has 0 amide bonds. The number of allylic oxidation sites excluding steroid dienone is 1. The number of halogens is 2. The molecule has 5 rings (SSSR count). The van der Waals surface area contributed by atoms with Crippen LogP contribution in [-0.2, 0) is 11.8 Å². The number of hydrogen-bond donors (Lipinski definition) is 0. The van der Waals surface area contributed by atoms with Crippen LogP contribution in [0.25, 0.3) is 5.57 Å². The van der Waals surface area contributed by atoms with Crippen molar-refractivity contribution in [2.45, 2.75) is 25.2 Å². The first-order valence-electron chi connectivity index (χ1n) is 8.87. The van der Waals surface area contributed by atoms with E-state index in [1.54, 1.807) is 19.1 Å². The molecule has 3 aromatic carbocycles. The van der Waals surface area contributed by atoms with Crippen LogP contribution in [-0.4, -0.2) is 0 Å². The van der Waals surface area contributed by atoms with E-state index in [2.05, 4.69) is 18.7 Å². The molecule has 128 valence electrons. The van der Waals surface area contributed by atoms with Gasteiger partial charge in [-0.1, -0.05) is 43.0 Å². The predicted octanol–water partition coefficient (Wildman–Crippen LogP) is 5.93. The van der Waals surface area contributed by atoms with Gasteiger partial charge in [0.15, 0.2) is 0 Å². The maximum absolute atomic E-state index is 14.6. The first-order valence-corrected chi connectivity index (χ1v) is 8.87. The number of hydrogen-bond acceptors (Lipinski definition) is 0. The lowest BCUT2D eigenvalue weighted by Crippen LogP contribution is -2.33. The maximum Gasteiger partial charge on any atom is 0.126 e. The van der Waals surface area contributed by atoms with Crippen LogP contribution in [0.15, 0.2) is 61.2 Å². The van der Waals surface area contributed by atoms with Crippen LogP contribution in [0.2, 0.25) is 0 Å². The van der Waals surface area contributed by atoms with E-state index in [1.165, 1.54) is 6.07 Å². The van der Waals surface area contributed by atoms with Crippen LogP contribution >= 0.6 is 0 Å². The number of aryl methyl sites for hydroxylation is 1. The fourth-order valence-electron chi connectivity index (χ4n) is 4.89. The Labute approximate surface area is 151 Å². The van der Waals surface area contributed by atoms with Gasteiger partial charge in [-0.2, -0.15) is 0 Å². The van der Waals surface area contributed by atoms with Gasteiger partial charge in [0, 0.05) is 0 Å². The van der Waals surface area contributed by atoms with Gasteiger partial charge in [0.1, 0.15) is 11.6 Å². The Morgan fingerprint density at radius 1 is 0.885 bits per heavy atom. The first-order chi connectivity index (χ1) is 12.5. The molecule has 2 aliphatic carbocycles. The molecule has 0 aliphatic heterocycles. The van der Waals surface area contributed by atoms with Crippen molar-refractivity contribution in [3.63, 3.8) is 0 Å². The van der Waals surface area contributed by atoms with Gasteiger partial charge in [0.2, 0.25) is 0 Å². The van der Waals surface area contributed by atoms with Gasteiger partial charge in [0.05, 0.1) is 5.41 Å². The molecular weight excluding hydrogens is 326 g/mol. The summed E-state index contributed by atoms with van der Waals surface area (Å²) < 4.78 is 28.8. The normalized spacial score (nSPS) is 20.0. The Hall–Kier alpha value is -2.74. The number of benzene rings is 3. The van der Waals surface area contributed by atoms with Crippen molar-refractivity contribution in [2.24, 2.45) is 0 Å². The monoisotopic (exact) mass is 344 g/mol. The number of rotatable bonds is 0. The van der Waals surface area contributed by atoms with Crippen molar-refractivity contribution in [3.8, 4) is 0 Å². The predicted molar refractivity (Wildman–Crippen MR) is 100 cm³/mol. The highest BCUT2D eigenvalue weighted by Gasteiger charge is 2.48. The summed E-state index contributed by atoms with van der Waals surface area (Å²) in [5, 5.41) is 0. The number of fused-ring (bicyclic) bond motifs is 6. The third kappa shape index (κ3) is 1.87. The Kier molecular flexibility index (Phi) is 3.06. The molecule has 26 heavy (non-hydrogen) atoms. The van der Waals surface area contributed by atoms with E-state index in [0.717, 1.165) is 39.0 Å². The summed E-state index contributed by atoms with van der Waals surface area (Å²) in [6, 6.07) is 16.8. The highest BCUT2D eigenvalue weighted by atomic mass is 19.1. The largest absolute Gasteiger partial charge is 0.207 e. The van der Waals surface area contributed by atoms with Crippen molar-refractivity contribution in [3.05, 3.63) is 112 Å². The van der Waals surface area contributed by atoms with Gasteiger partial charge >= 0.3 is 0 Å². The summed E-state index contributed by atoms with van der Waals surface area (Å²) in [6.45, 7) is 6.06. The first kappa shape index (κ1) is 15.5. The van der Waals surface area contributed by atoms with Crippen LogP contribution in [0.4, 0.5) is 8.78 Å². The Balaban J connectivity index is 1.93. The summed E-state index contributed by atoms with van der Waals surface area (Å²) in [6.07, 6.45) is 1.35. The van der Waals surface area contributed by atoms with Crippen LogP contribution in [0.5, 0.6) is 0 Å². The van der Waals surface area contributed by atoms with E-state index in [-0.39, 0.29) is 11.6 Å². The molecule has 0 nitrogen and oxygen atoms in total. The summed E-state index contributed by atoms with van der Waals surface area (Å²) >= 11 is 0. The lowest BCUT2D eigenvalue weighted by Gasteiger charge is -2.39. The molecule has 1 unspecified atom stereocenters. The molecule has 3 aromatic rings. The van der Waals surface area contributed by atoms with Gasteiger partial charge in [-0.05, 0) is 82.5 Å². The summed E-state index contributed by atoms with van der Waals surface area (Å²) in [7, 11) is 0. The zero-order valence-corrected chi connectivity index (χ0v) is 14.6. The fraction of sp³-hybridized carbons (Fsp3) is 0.167. The molecule has 0 fully saturated rings. The van der Waals surface area contributed by atoms with E-state index in [0.29, 0.717) is 18.4 Å². The molecular formula is C24H18F2. The van der Waals surface area contributed by atoms with Gasteiger partial charge in [-0.25, -0.2) is 8.78 Å². The minimum absolute atomic E-state index is 0.210. The molecule has 0 bridgehead atoms. The van der Waals surface area contributed by atoms with Crippen LogP contribution in [0, 0.1) is 18.6 Å². The Morgan fingerprint density at radius 2 is 1.65 bits per heavy atom. The van der Waals surface area contributed by atoms with E-state index < -0.39 is 5.41 Å². The van der Waals surface area contributed by atoms with E-state index in [9.17, 15) is 8.78 Å². The van der Waals surface area contributed by atoms with Gasteiger partial charge < -0.3 is 0 Å². The average Bonchev–Trinajstić information content (AvgIpc) is 2.92. The second-order valence-electron chi connectivity index (χ2n) is 7.47. The third-order valence-electron chi connectivity index (χ3n) is 6.00. The molecule has 2 heteroatoms. The summed E-state index contributed by atoms with van der Waals surface area (Å²) in [4.78, 5) is 0. The molecule has 0 N–H and O–H groups in total. The van der Waals surface area contributed by atoms with Crippen molar-refractivity contribution >= 4 is 5.57 Å². The zero-order chi connectivity index (χ0) is 18.1. The molecule has 0 saturated carbocycles. The Morgan fingerprint density at radius 3 is 2.50 bits per heavy atom. The third-order valence-corrected chi connectivity index (χ3v) is 6.00. The molecule has 0 aromatic heterocycles. The average molecular weight is 344 g/mol. The van der Waals surface area contributed by atoms with E-state index in [1.807, 2.05) is 24.3 Å². The minimum Gasteiger partial charge on any atom is -0.207 e. The van der Waals surface area contributed by atoms with Crippen LogP contribution < -0.4 is 0 Å². The lowest BCUT2D eigenvalue weighted by molar-refractivity contribution is 0.577. The van der Waals surface area contributed by atoms with Gasteiger partial charge in [0.25, 0.3) is 0 Å². The maximum atomic E-state index is 14.6. The smallest absolute Gasteiger partial charge is 0.126 e. The van der Waals surface area contributed by atoms with Crippen molar-refractivity contribution < 1.29 is 8.78 Å². The van der Waals surface area contributed by atoms with E-state index in [4.69, 9.17) is 0 Å². The lowest BCUT2D eigenvalue weighted by atomic mass is 9.63. The van der Waals surface area contributed by atoms with Crippen molar-refractivity contribution in [1.82, 2.24) is 0 Å². The summed E-state index contributed by atoms with van der Waals surface area (Å²) in [5.74, 6) is -0.466. The topological polar surface area (TPSA) is 0 Å².